The molecular formula is C25H30N2O6. The molecule has 8 nitrogen and oxygen atoms in total. The number of amides is 1. The Balaban J connectivity index is 1.17. The van der Waals surface area contributed by atoms with Crippen LogP contribution in [0.5, 0.6) is 0 Å². The lowest BCUT2D eigenvalue weighted by molar-refractivity contribution is -0.138. The average Bonchev–Trinajstić information content (AvgIpc) is 3.45. The highest BCUT2D eigenvalue weighted by Crippen LogP contribution is 2.46. The number of fused-ring (bicyclic) bond motifs is 1. The van der Waals surface area contributed by atoms with Gasteiger partial charge in [-0.25, -0.2) is 9.59 Å². The number of nitrogens with one attached hydrogen (secondary N) is 1. The number of esters is 2. The summed E-state index contributed by atoms with van der Waals surface area (Å²) in [6, 6.07) is 3.78. The molecule has 0 radical (unpaired) electrons. The molecule has 1 atom stereocenters. The number of cyclic esters (lactones) is 2. The van der Waals surface area contributed by atoms with Crippen LogP contribution in [0.2, 0.25) is 0 Å². The van der Waals surface area contributed by atoms with Gasteiger partial charge in [0.1, 0.15) is 13.2 Å². The summed E-state index contributed by atoms with van der Waals surface area (Å²) in [5, 5.41) is 14.3. The number of rotatable bonds is 5. The number of aliphatic hydroxyl groups excluding tert-OH is 1. The molecule has 1 aromatic carbocycles. The van der Waals surface area contributed by atoms with Gasteiger partial charge in [-0.3, -0.25) is 4.79 Å². The van der Waals surface area contributed by atoms with Crippen LogP contribution in [-0.2, 0) is 25.7 Å². The van der Waals surface area contributed by atoms with E-state index in [-0.39, 0.29) is 42.5 Å². The molecule has 0 aromatic heterocycles. The number of aliphatic hydroxyl groups is 1. The molecular weight excluding hydrogens is 424 g/mol. The first-order valence-corrected chi connectivity index (χ1v) is 11.7. The molecule has 2 fully saturated rings. The fourth-order valence-electron chi connectivity index (χ4n) is 5.78. The molecule has 5 rings (SSSR count). The molecule has 8 heteroatoms. The summed E-state index contributed by atoms with van der Waals surface area (Å²) < 4.78 is 10.2. The molecule has 176 valence electrons. The Hall–Kier alpha value is -2.71. The summed E-state index contributed by atoms with van der Waals surface area (Å²) in [7, 11) is 0. The highest BCUT2D eigenvalue weighted by atomic mass is 16.5. The summed E-state index contributed by atoms with van der Waals surface area (Å²) in [6.45, 7) is 5.15. The van der Waals surface area contributed by atoms with E-state index in [0.29, 0.717) is 24.2 Å². The maximum Gasteiger partial charge on any atom is 0.338 e. The smallest absolute Gasteiger partial charge is 0.338 e. The van der Waals surface area contributed by atoms with Gasteiger partial charge >= 0.3 is 11.9 Å². The molecule has 33 heavy (non-hydrogen) atoms. The molecule has 3 heterocycles. The van der Waals surface area contributed by atoms with Crippen LogP contribution < -0.4 is 5.32 Å². The maximum atomic E-state index is 13.3. The summed E-state index contributed by atoms with van der Waals surface area (Å²) in [4.78, 5) is 38.5. The van der Waals surface area contributed by atoms with Gasteiger partial charge in [-0.2, -0.15) is 0 Å². The van der Waals surface area contributed by atoms with Crippen LogP contribution in [-0.4, -0.2) is 53.6 Å². The lowest BCUT2D eigenvalue weighted by atomic mass is 9.71. The highest BCUT2D eigenvalue weighted by Gasteiger charge is 2.50. The first-order chi connectivity index (χ1) is 15.8. The van der Waals surface area contributed by atoms with Crippen LogP contribution in [0.15, 0.2) is 23.4 Å². The highest BCUT2D eigenvalue weighted by molar-refractivity contribution is 5.94. The Labute approximate surface area is 192 Å². The van der Waals surface area contributed by atoms with E-state index in [9.17, 15) is 19.5 Å². The second-order valence-electron chi connectivity index (χ2n) is 9.72. The zero-order chi connectivity index (χ0) is 23.3. The average molecular weight is 455 g/mol. The van der Waals surface area contributed by atoms with Crippen molar-refractivity contribution >= 4 is 17.8 Å². The predicted octanol–water partition coefficient (Wildman–Crippen LogP) is 2.28. The third-order valence-electron chi connectivity index (χ3n) is 8.03. The first-order valence-electron chi connectivity index (χ1n) is 11.7. The fraction of sp³-hybridized carbons (Fsp3) is 0.560. The molecule has 3 aliphatic heterocycles. The van der Waals surface area contributed by atoms with E-state index in [0.717, 1.165) is 54.5 Å². The number of hydrogen-bond donors (Lipinski definition) is 2. The number of carbonyl (C=O) groups excluding carboxylic acids is 3. The number of benzene rings is 1. The molecule has 1 aromatic rings. The number of carbonyl (C=O) groups is 3. The summed E-state index contributed by atoms with van der Waals surface area (Å²) in [5.74, 6) is -0.510. The quantitative estimate of drug-likeness (QED) is 0.658. The Morgan fingerprint density at radius 3 is 2.52 bits per heavy atom. The zero-order valence-electron chi connectivity index (χ0n) is 19.1. The Kier molecular flexibility index (Phi) is 5.53. The standard InChI is InChI=1S/C25H30N2O6/c1-14-17(3-4-18-19(14)12-32-23(18)30)21(28)11-26-16-5-7-25(8-6-16)9-10-27(24(25)31)20-13-33-22(29)15(20)2/h3-4,16,21,26,28H,5-13H2,1-2H3. The molecule has 1 spiro atoms. The van der Waals surface area contributed by atoms with Gasteiger partial charge in [-0.15, -0.1) is 0 Å². The molecule has 1 saturated heterocycles. The number of nitrogens with zero attached hydrogens (tertiary/aromatic N) is 1. The van der Waals surface area contributed by atoms with Gasteiger partial charge in [0.05, 0.1) is 28.4 Å². The number of likely N-dealkylation sites (tertiary alicyclic amines) is 1. The van der Waals surface area contributed by atoms with Crippen LogP contribution in [0.1, 0.15) is 72.2 Å². The monoisotopic (exact) mass is 454 g/mol. The van der Waals surface area contributed by atoms with Gasteiger partial charge in [0.2, 0.25) is 5.91 Å². The number of ether oxygens (including phenoxy) is 2. The topological polar surface area (TPSA) is 105 Å². The minimum atomic E-state index is -0.680. The van der Waals surface area contributed by atoms with Crippen LogP contribution in [0.25, 0.3) is 0 Å². The summed E-state index contributed by atoms with van der Waals surface area (Å²) in [6.07, 6.45) is 3.46. The van der Waals surface area contributed by atoms with Gasteiger partial charge in [0.15, 0.2) is 0 Å². The van der Waals surface area contributed by atoms with E-state index < -0.39 is 6.10 Å². The third kappa shape index (κ3) is 3.65. The molecule has 1 aliphatic carbocycles. The fourth-order valence-corrected chi connectivity index (χ4v) is 5.78. The Bertz CT molecular complexity index is 1050. The second-order valence-corrected chi connectivity index (χ2v) is 9.72. The van der Waals surface area contributed by atoms with Crippen molar-refractivity contribution in [3.05, 3.63) is 45.7 Å². The third-order valence-corrected chi connectivity index (χ3v) is 8.03. The van der Waals surface area contributed by atoms with E-state index in [4.69, 9.17) is 9.47 Å². The zero-order valence-corrected chi connectivity index (χ0v) is 19.1. The normalized spacial score (nSPS) is 27.9. The maximum absolute atomic E-state index is 13.3. The molecule has 2 N–H and O–H groups in total. The van der Waals surface area contributed by atoms with Crippen molar-refractivity contribution in [2.24, 2.45) is 5.41 Å². The molecule has 1 unspecified atom stereocenters. The van der Waals surface area contributed by atoms with Crippen molar-refractivity contribution in [2.75, 3.05) is 19.7 Å². The van der Waals surface area contributed by atoms with Gasteiger partial charge < -0.3 is 24.8 Å². The molecule has 0 bridgehead atoms. The minimum absolute atomic E-state index is 0.124. The van der Waals surface area contributed by atoms with E-state index in [1.54, 1.807) is 17.9 Å². The van der Waals surface area contributed by atoms with Crippen molar-refractivity contribution < 1.29 is 29.0 Å². The minimum Gasteiger partial charge on any atom is -0.457 e. The van der Waals surface area contributed by atoms with E-state index in [2.05, 4.69) is 5.32 Å². The van der Waals surface area contributed by atoms with Gasteiger partial charge in [-0.05, 0) is 63.1 Å². The van der Waals surface area contributed by atoms with Crippen molar-refractivity contribution in [3.8, 4) is 0 Å². The van der Waals surface area contributed by atoms with E-state index >= 15 is 0 Å². The van der Waals surface area contributed by atoms with Crippen molar-refractivity contribution in [1.82, 2.24) is 10.2 Å². The van der Waals surface area contributed by atoms with Gasteiger partial charge in [0.25, 0.3) is 0 Å². The molecule has 1 saturated carbocycles. The van der Waals surface area contributed by atoms with Crippen LogP contribution in [0, 0.1) is 12.3 Å². The first kappa shape index (κ1) is 22.1. The lowest BCUT2D eigenvalue weighted by Crippen LogP contribution is -2.43. The van der Waals surface area contributed by atoms with Crippen LogP contribution in [0.3, 0.4) is 0 Å². The van der Waals surface area contributed by atoms with Crippen molar-refractivity contribution in [1.29, 1.82) is 0 Å². The lowest BCUT2D eigenvalue weighted by Gasteiger charge is -2.36. The largest absolute Gasteiger partial charge is 0.457 e. The van der Waals surface area contributed by atoms with Gasteiger partial charge in [-0.1, -0.05) is 6.07 Å². The number of hydrogen-bond acceptors (Lipinski definition) is 7. The summed E-state index contributed by atoms with van der Waals surface area (Å²) >= 11 is 0. The molecule has 1 amide bonds. The summed E-state index contributed by atoms with van der Waals surface area (Å²) in [5.41, 5.74) is 4.09. The van der Waals surface area contributed by atoms with Crippen molar-refractivity contribution in [2.45, 2.75) is 64.7 Å². The predicted molar refractivity (Wildman–Crippen MR) is 118 cm³/mol. The Morgan fingerprint density at radius 1 is 1.09 bits per heavy atom. The van der Waals surface area contributed by atoms with E-state index in [1.165, 1.54) is 0 Å². The van der Waals surface area contributed by atoms with E-state index in [1.807, 2.05) is 13.0 Å². The van der Waals surface area contributed by atoms with Crippen molar-refractivity contribution in [3.63, 3.8) is 0 Å². The van der Waals surface area contributed by atoms with Crippen LogP contribution >= 0.6 is 0 Å². The van der Waals surface area contributed by atoms with Gasteiger partial charge in [0, 0.05) is 24.7 Å². The second kappa shape index (κ2) is 8.25. The SMILES string of the molecule is CC1=C(N2CCC3(CCC(NCC(O)c4ccc5c(c4C)COC5=O)CC3)C2=O)COC1=O. The molecule has 4 aliphatic rings. The van der Waals surface area contributed by atoms with Crippen LogP contribution in [0.4, 0.5) is 0 Å². The Morgan fingerprint density at radius 2 is 1.82 bits per heavy atom.